The number of rotatable bonds is 3. The Bertz CT molecular complexity index is 606. The van der Waals surface area contributed by atoms with Crippen LogP contribution in [0.2, 0.25) is 0 Å². The third kappa shape index (κ3) is 2.39. The van der Waals surface area contributed by atoms with Crippen LogP contribution in [0.25, 0.3) is 0 Å². The molecule has 1 aliphatic heterocycles. The predicted octanol–water partition coefficient (Wildman–Crippen LogP) is 0.965. The molecular formula is C12H16N2O3S. The molecule has 2 rings (SSSR count). The van der Waals surface area contributed by atoms with Gasteiger partial charge in [0.15, 0.2) is 0 Å². The lowest BCUT2D eigenvalue weighted by atomic mass is 9.85. The fraction of sp³-hybridized carbons (Fsp3) is 0.417. The number of hydrogen-bond donors (Lipinski definition) is 2. The van der Waals surface area contributed by atoms with E-state index in [1.54, 1.807) is 12.1 Å². The van der Waals surface area contributed by atoms with E-state index in [9.17, 15) is 13.2 Å². The van der Waals surface area contributed by atoms with Crippen molar-refractivity contribution in [1.82, 2.24) is 4.72 Å². The van der Waals surface area contributed by atoms with E-state index in [1.807, 2.05) is 19.9 Å². The number of amides is 1. The van der Waals surface area contributed by atoms with Gasteiger partial charge in [-0.3, -0.25) is 4.79 Å². The number of nitrogens with one attached hydrogen (secondary N) is 2. The highest BCUT2D eigenvalue weighted by Crippen LogP contribution is 2.37. The van der Waals surface area contributed by atoms with E-state index in [2.05, 4.69) is 10.0 Å². The van der Waals surface area contributed by atoms with Crippen molar-refractivity contribution in [2.45, 2.75) is 25.8 Å². The normalized spacial score (nSPS) is 17.4. The van der Waals surface area contributed by atoms with Gasteiger partial charge in [-0.05, 0) is 31.0 Å². The molecule has 1 aromatic rings. The molecule has 98 valence electrons. The first kappa shape index (κ1) is 13.0. The molecule has 0 spiro atoms. The Morgan fingerprint density at radius 3 is 2.61 bits per heavy atom. The van der Waals surface area contributed by atoms with Crippen molar-refractivity contribution in [3.63, 3.8) is 0 Å². The molecule has 0 bridgehead atoms. The SMILES string of the molecule is CC1(C)C(=O)Nc2ccc(CNS(C)(=O)=O)cc21. The molecule has 0 unspecified atom stereocenters. The monoisotopic (exact) mass is 268 g/mol. The van der Waals surface area contributed by atoms with Gasteiger partial charge < -0.3 is 5.32 Å². The van der Waals surface area contributed by atoms with Crippen LogP contribution in [0.4, 0.5) is 5.69 Å². The van der Waals surface area contributed by atoms with Gasteiger partial charge in [-0.2, -0.15) is 0 Å². The Balaban J connectivity index is 2.29. The summed E-state index contributed by atoms with van der Waals surface area (Å²) in [6.45, 7) is 3.93. The first-order chi connectivity index (χ1) is 8.20. The molecule has 1 aromatic carbocycles. The van der Waals surface area contributed by atoms with Crippen LogP contribution in [0.5, 0.6) is 0 Å². The van der Waals surface area contributed by atoms with Gasteiger partial charge in [0.25, 0.3) is 0 Å². The van der Waals surface area contributed by atoms with Gasteiger partial charge in [-0.25, -0.2) is 13.1 Å². The van der Waals surface area contributed by atoms with E-state index in [-0.39, 0.29) is 12.5 Å². The standard InChI is InChI=1S/C12H16N2O3S/c1-12(2)9-6-8(7-13-18(3,16)17)4-5-10(9)14-11(12)15/h4-6,13H,7H2,1-3H3,(H,14,15). The molecule has 1 amide bonds. The Morgan fingerprint density at radius 1 is 1.33 bits per heavy atom. The molecule has 0 aliphatic carbocycles. The zero-order valence-corrected chi connectivity index (χ0v) is 11.4. The average molecular weight is 268 g/mol. The minimum atomic E-state index is -3.21. The van der Waals surface area contributed by atoms with Crippen molar-refractivity contribution in [2.24, 2.45) is 0 Å². The summed E-state index contributed by atoms with van der Waals surface area (Å²) in [7, 11) is -3.21. The van der Waals surface area contributed by atoms with E-state index in [0.717, 1.165) is 23.1 Å². The van der Waals surface area contributed by atoms with Gasteiger partial charge in [-0.1, -0.05) is 12.1 Å². The van der Waals surface area contributed by atoms with Gasteiger partial charge in [0, 0.05) is 12.2 Å². The zero-order valence-electron chi connectivity index (χ0n) is 10.6. The van der Waals surface area contributed by atoms with Crippen molar-refractivity contribution < 1.29 is 13.2 Å². The molecule has 0 fully saturated rings. The first-order valence-electron chi connectivity index (χ1n) is 5.59. The maximum absolute atomic E-state index is 11.8. The topological polar surface area (TPSA) is 75.3 Å². The minimum absolute atomic E-state index is 0.0364. The highest BCUT2D eigenvalue weighted by Gasteiger charge is 2.38. The van der Waals surface area contributed by atoms with Crippen LogP contribution in [0, 0.1) is 0 Å². The second-order valence-corrected chi connectivity index (χ2v) is 6.89. The lowest BCUT2D eigenvalue weighted by Gasteiger charge is -2.15. The van der Waals surface area contributed by atoms with Crippen LogP contribution in [-0.2, 0) is 26.8 Å². The van der Waals surface area contributed by atoms with Gasteiger partial charge in [-0.15, -0.1) is 0 Å². The third-order valence-corrected chi connectivity index (χ3v) is 3.78. The quantitative estimate of drug-likeness (QED) is 0.857. The highest BCUT2D eigenvalue weighted by molar-refractivity contribution is 7.88. The number of benzene rings is 1. The van der Waals surface area contributed by atoms with Gasteiger partial charge in [0.05, 0.1) is 11.7 Å². The van der Waals surface area contributed by atoms with Crippen molar-refractivity contribution >= 4 is 21.6 Å². The Morgan fingerprint density at radius 2 is 2.00 bits per heavy atom. The molecule has 18 heavy (non-hydrogen) atoms. The molecule has 0 radical (unpaired) electrons. The van der Waals surface area contributed by atoms with Crippen LogP contribution in [0.3, 0.4) is 0 Å². The number of hydrogen-bond acceptors (Lipinski definition) is 3. The van der Waals surface area contributed by atoms with Crippen molar-refractivity contribution in [1.29, 1.82) is 0 Å². The maximum Gasteiger partial charge on any atom is 0.234 e. The summed E-state index contributed by atoms with van der Waals surface area (Å²) in [6, 6.07) is 5.48. The van der Waals surface area contributed by atoms with E-state index in [4.69, 9.17) is 0 Å². The number of fused-ring (bicyclic) bond motifs is 1. The summed E-state index contributed by atoms with van der Waals surface area (Å²) in [4.78, 5) is 11.8. The van der Waals surface area contributed by atoms with Crippen LogP contribution >= 0.6 is 0 Å². The van der Waals surface area contributed by atoms with Gasteiger partial charge in [0.1, 0.15) is 0 Å². The summed E-state index contributed by atoms with van der Waals surface area (Å²) < 4.78 is 24.5. The lowest BCUT2D eigenvalue weighted by molar-refractivity contribution is -0.119. The van der Waals surface area contributed by atoms with Crippen molar-refractivity contribution in [2.75, 3.05) is 11.6 Å². The highest BCUT2D eigenvalue weighted by atomic mass is 32.2. The van der Waals surface area contributed by atoms with Crippen LogP contribution < -0.4 is 10.0 Å². The lowest BCUT2D eigenvalue weighted by Crippen LogP contribution is -2.27. The van der Waals surface area contributed by atoms with Crippen LogP contribution in [0.15, 0.2) is 18.2 Å². The molecule has 1 heterocycles. The smallest absolute Gasteiger partial charge is 0.234 e. The predicted molar refractivity (Wildman–Crippen MR) is 69.8 cm³/mol. The van der Waals surface area contributed by atoms with E-state index >= 15 is 0 Å². The van der Waals surface area contributed by atoms with Crippen LogP contribution in [0.1, 0.15) is 25.0 Å². The Hall–Kier alpha value is -1.40. The molecule has 0 saturated carbocycles. The molecule has 0 saturated heterocycles. The van der Waals surface area contributed by atoms with Crippen LogP contribution in [-0.4, -0.2) is 20.6 Å². The van der Waals surface area contributed by atoms with E-state index in [0.29, 0.717) is 0 Å². The third-order valence-electron chi connectivity index (χ3n) is 3.11. The minimum Gasteiger partial charge on any atom is -0.325 e. The molecule has 6 heteroatoms. The van der Waals surface area contributed by atoms with Gasteiger partial charge in [0.2, 0.25) is 15.9 Å². The number of anilines is 1. The summed E-state index contributed by atoms with van der Waals surface area (Å²) in [6.07, 6.45) is 1.12. The van der Waals surface area contributed by atoms with Gasteiger partial charge >= 0.3 is 0 Å². The zero-order chi connectivity index (χ0) is 13.6. The maximum atomic E-state index is 11.8. The second kappa shape index (κ2) is 4.07. The molecular weight excluding hydrogens is 252 g/mol. The fourth-order valence-electron chi connectivity index (χ4n) is 1.94. The Kier molecular flexibility index (Phi) is 2.95. The molecule has 5 nitrogen and oxygen atoms in total. The largest absolute Gasteiger partial charge is 0.325 e. The number of carbonyl (C=O) groups excluding carboxylic acids is 1. The summed E-state index contributed by atoms with van der Waals surface area (Å²) in [5.74, 6) is -0.0364. The second-order valence-electron chi connectivity index (χ2n) is 5.05. The summed E-state index contributed by atoms with van der Waals surface area (Å²) in [5, 5.41) is 2.81. The van der Waals surface area contributed by atoms with Crippen molar-refractivity contribution in [3.8, 4) is 0 Å². The molecule has 2 N–H and O–H groups in total. The number of sulfonamides is 1. The summed E-state index contributed by atoms with van der Waals surface area (Å²) in [5.41, 5.74) is 1.97. The summed E-state index contributed by atoms with van der Waals surface area (Å²) >= 11 is 0. The fourth-order valence-corrected chi connectivity index (χ4v) is 2.37. The molecule has 0 aromatic heterocycles. The van der Waals surface area contributed by atoms with E-state index in [1.165, 1.54) is 0 Å². The van der Waals surface area contributed by atoms with Crippen molar-refractivity contribution in [3.05, 3.63) is 29.3 Å². The Labute approximate surface area is 107 Å². The van der Waals surface area contributed by atoms with E-state index < -0.39 is 15.4 Å². The molecule has 0 atom stereocenters. The first-order valence-corrected chi connectivity index (χ1v) is 7.49. The number of carbonyl (C=O) groups is 1. The average Bonchev–Trinajstić information content (AvgIpc) is 2.47. The molecule has 1 aliphatic rings.